The lowest BCUT2D eigenvalue weighted by Crippen LogP contribution is -2.48. The zero-order chi connectivity index (χ0) is 13.0. The predicted molar refractivity (Wildman–Crippen MR) is 83.0 cm³/mol. The Balaban J connectivity index is 1.87. The van der Waals surface area contributed by atoms with Crippen molar-refractivity contribution in [2.45, 2.75) is 18.9 Å². The number of benzene rings is 1. The number of nitrogens with zero attached hydrogens (tertiary/aromatic N) is 2. The molecule has 1 N–H and O–H groups in total. The molecule has 100 valence electrons. The third kappa shape index (κ3) is 1.90. The number of aromatic amines is 1. The summed E-state index contributed by atoms with van der Waals surface area (Å²) in [5.41, 5.74) is 2.38. The van der Waals surface area contributed by atoms with Crippen molar-refractivity contribution in [1.82, 2.24) is 14.5 Å². The molecule has 1 atom stereocenters. The molecule has 3 aliphatic rings. The van der Waals surface area contributed by atoms with Gasteiger partial charge in [0.25, 0.3) is 0 Å². The first-order valence-electron chi connectivity index (χ1n) is 6.84. The summed E-state index contributed by atoms with van der Waals surface area (Å²) in [5, 5.41) is 0. The van der Waals surface area contributed by atoms with Crippen molar-refractivity contribution >= 4 is 39.2 Å². The van der Waals surface area contributed by atoms with Gasteiger partial charge in [-0.25, -0.2) is 0 Å². The standard InChI is InChI=1S/C14H16BrN3S/c15-10-1-2-12-11(7-10)16-14(19)18(12)13-8-17-5-3-9(13)4-6-17/h1-2,7,9,13H,3-6,8H2,(H,16,19). The van der Waals surface area contributed by atoms with Crippen LogP contribution in [0.2, 0.25) is 0 Å². The molecule has 3 aliphatic heterocycles. The highest BCUT2D eigenvalue weighted by molar-refractivity contribution is 9.10. The molecular formula is C14H16BrN3S. The number of piperidine rings is 3. The van der Waals surface area contributed by atoms with Gasteiger partial charge in [0.1, 0.15) is 0 Å². The number of imidazole rings is 1. The lowest BCUT2D eigenvalue weighted by atomic mass is 9.84. The number of hydrogen-bond acceptors (Lipinski definition) is 2. The Morgan fingerprint density at radius 3 is 2.74 bits per heavy atom. The highest BCUT2D eigenvalue weighted by Gasteiger charge is 2.36. The van der Waals surface area contributed by atoms with Crippen molar-refractivity contribution in [3.63, 3.8) is 0 Å². The fraction of sp³-hybridized carbons (Fsp3) is 0.500. The SMILES string of the molecule is S=c1[nH]c2cc(Br)ccc2n1C1CN2CCC1CC2. The number of fused-ring (bicyclic) bond motifs is 4. The zero-order valence-corrected chi connectivity index (χ0v) is 13.0. The van der Waals surface area contributed by atoms with Crippen molar-refractivity contribution in [3.8, 4) is 0 Å². The van der Waals surface area contributed by atoms with Crippen LogP contribution >= 0.6 is 28.1 Å². The predicted octanol–water partition coefficient (Wildman–Crippen LogP) is 3.73. The van der Waals surface area contributed by atoms with Gasteiger partial charge in [0, 0.05) is 11.0 Å². The van der Waals surface area contributed by atoms with E-state index in [2.05, 4.69) is 48.6 Å². The number of hydrogen-bond donors (Lipinski definition) is 1. The second-order valence-corrected chi connectivity index (χ2v) is 6.97. The Bertz CT molecular complexity index is 682. The van der Waals surface area contributed by atoms with Gasteiger partial charge >= 0.3 is 0 Å². The van der Waals surface area contributed by atoms with Crippen LogP contribution in [0.1, 0.15) is 18.9 Å². The monoisotopic (exact) mass is 337 g/mol. The summed E-state index contributed by atoms with van der Waals surface area (Å²) in [6, 6.07) is 6.93. The molecule has 3 saturated heterocycles. The summed E-state index contributed by atoms with van der Waals surface area (Å²) in [4.78, 5) is 5.93. The van der Waals surface area contributed by atoms with E-state index in [9.17, 15) is 0 Å². The summed E-state index contributed by atoms with van der Waals surface area (Å²) in [6.07, 6.45) is 2.63. The highest BCUT2D eigenvalue weighted by atomic mass is 79.9. The van der Waals surface area contributed by atoms with Crippen LogP contribution < -0.4 is 0 Å². The first-order valence-corrected chi connectivity index (χ1v) is 8.04. The molecule has 3 nitrogen and oxygen atoms in total. The molecule has 5 rings (SSSR count). The topological polar surface area (TPSA) is 24.0 Å². The first-order chi connectivity index (χ1) is 9.22. The molecule has 0 amide bonds. The van der Waals surface area contributed by atoms with Crippen LogP contribution in [0.25, 0.3) is 11.0 Å². The molecule has 19 heavy (non-hydrogen) atoms. The third-order valence-corrected chi connectivity index (χ3v) is 5.42. The Morgan fingerprint density at radius 2 is 2.05 bits per heavy atom. The van der Waals surface area contributed by atoms with Crippen molar-refractivity contribution in [3.05, 3.63) is 27.4 Å². The van der Waals surface area contributed by atoms with Crippen molar-refractivity contribution in [2.75, 3.05) is 19.6 Å². The van der Waals surface area contributed by atoms with Crippen LogP contribution in [0, 0.1) is 10.7 Å². The second kappa shape index (κ2) is 4.43. The van der Waals surface area contributed by atoms with E-state index in [0.717, 1.165) is 27.2 Å². The van der Waals surface area contributed by atoms with Crippen molar-refractivity contribution < 1.29 is 0 Å². The number of rotatable bonds is 1. The van der Waals surface area contributed by atoms with E-state index in [-0.39, 0.29) is 0 Å². The maximum absolute atomic E-state index is 5.57. The van der Waals surface area contributed by atoms with Crippen molar-refractivity contribution in [1.29, 1.82) is 0 Å². The molecule has 4 heterocycles. The van der Waals surface area contributed by atoms with E-state index in [1.165, 1.54) is 31.4 Å². The molecule has 1 aromatic heterocycles. The van der Waals surface area contributed by atoms with Gasteiger partial charge in [0.05, 0.1) is 17.1 Å². The minimum absolute atomic E-state index is 0.546. The molecule has 1 unspecified atom stereocenters. The lowest BCUT2D eigenvalue weighted by molar-refractivity contribution is 0.0582. The Morgan fingerprint density at radius 1 is 1.26 bits per heavy atom. The molecule has 0 saturated carbocycles. The van der Waals surface area contributed by atoms with Crippen LogP contribution in [0.3, 0.4) is 0 Å². The molecule has 2 aromatic rings. The average molecular weight is 338 g/mol. The van der Waals surface area contributed by atoms with Gasteiger partial charge in [-0.1, -0.05) is 15.9 Å². The van der Waals surface area contributed by atoms with E-state index < -0.39 is 0 Å². The first kappa shape index (κ1) is 12.1. The number of H-pyrrole nitrogens is 1. The second-order valence-electron chi connectivity index (χ2n) is 5.67. The van der Waals surface area contributed by atoms with Gasteiger partial charge in [0.15, 0.2) is 4.77 Å². The minimum atomic E-state index is 0.546. The molecule has 0 spiro atoms. The lowest BCUT2D eigenvalue weighted by Gasteiger charge is -2.45. The van der Waals surface area contributed by atoms with Gasteiger partial charge in [-0.2, -0.15) is 0 Å². The van der Waals surface area contributed by atoms with Crippen LogP contribution in [-0.2, 0) is 0 Å². The van der Waals surface area contributed by atoms with E-state index in [1.807, 2.05) is 0 Å². The van der Waals surface area contributed by atoms with Gasteiger partial charge in [-0.15, -0.1) is 0 Å². The summed E-state index contributed by atoms with van der Waals surface area (Å²) in [6.45, 7) is 3.69. The average Bonchev–Trinajstić information content (AvgIpc) is 2.75. The van der Waals surface area contributed by atoms with E-state index in [4.69, 9.17) is 12.2 Å². The van der Waals surface area contributed by atoms with Gasteiger partial charge in [-0.05, 0) is 62.3 Å². The molecule has 2 bridgehead atoms. The molecule has 3 fully saturated rings. The van der Waals surface area contributed by atoms with Gasteiger partial charge in [-0.3, -0.25) is 0 Å². The highest BCUT2D eigenvalue weighted by Crippen LogP contribution is 2.37. The minimum Gasteiger partial charge on any atom is -0.331 e. The Kier molecular flexibility index (Phi) is 2.83. The summed E-state index contributed by atoms with van der Waals surface area (Å²) in [5.74, 6) is 0.791. The quantitative estimate of drug-likeness (QED) is 0.801. The summed E-state index contributed by atoms with van der Waals surface area (Å²) < 4.78 is 4.32. The fourth-order valence-corrected chi connectivity index (χ4v) is 4.36. The van der Waals surface area contributed by atoms with Crippen LogP contribution in [0.15, 0.2) is 22.7 Å². The maximum Gasteiger partial charge on any atom is 0.178 e. The maximum atomic E-state index is 5.57. The molecule has 5 heteroatoms. The van der Waals surface area contributed by atoms with Crippen LogP contribution in [-0.4, -0.2) is 34.1 Å². The van der Waals surface area contributed by atoms with Gasteiger partial charge in [0.2, 0.25) is 0 Å². The number of aromatic nitrogens is 2. The Hall–Kier alpha value is -0.650. The third-order valence-electron chi connectivity index (χ3n) is 4.63. The smallest absolute Gasteiger partial charge is 0.178 e. The van der Waals surface area contributed by atoms with E-state index in [1.54, 1.807) is 0 Å². The largest absolute Gasteiger partial charge is 0.331 e. The number of nitrogens with one attached hydrogen (secondary N) is 1. The molecule has 0 radical (unpaired) electrons. The molecule has 1 aromatic carbocycles. The van der Waals surface area contributed by atoms with E-state index >= 15 is 0 Å². The summed E-state index contributed by atoms with van der Waals surface area (Å²) in [7, 11) is 0. The Labute approximate surface area is 125 Å². The molecular weight excluding hydrogens is 322 g/mol. The zero-order valence-electron chi connectivity index (χ0n) is 10.6. The van der Waals surface area contributed by atoms with Crippen molar-refractivity contribution in [2.24, 2.45) is 5.92 Å². The van der Waals surface area contributed by atoms with Crippen LogP contribution in [0.5, 0.6) is 0 Å². The molecule has 0 aliphatic carbocycles. The normalized spacial score (nSPS) is 30.1. The fourth-order valence-electron chi connectivity index (χ4n) is 3.66. The van der Waals surface area contributed by atoms with Gasteiger partial charge < -0.3 is 14.5 Å². The number of halogens is 1. The van der Waals surface area contributed by atoms with E-state index in [0.29, 0.717) is 6.04 Å². The van der Waals surface area contributed by atoms with Crippen LogP contribution in [0.4, 0.5) is 0 Å². The summed E-state index contributed by atoms with van der Waals surface area (Å²) >= 11 is 9.09.